The number of aryl methyl sites for hydroxylation is 2. The number of benzene rings is 2. The topological polar surface area (TPSA) is 213 Å². The molecule has 4 heterocycles. The molecule has 2 aromatic heterocycles. The molecule has 16 nitrogen and oxygen atoms in total. The van der Waals surface area contributed by atoms with Gasteiger partial charge in [-0.25, -0.2) is 19.6 Å². The number of hydrogen-bond donors (Lipinski definition) is 5. The molecule has 0 radical (unpaired) electrons. The van der Waals surface area contributed by atoms with Crippen molar-refractivity contribution in [1.29, 1.82) is 0 Å². The summed E-state index contributed by atoms with van der Waals surface area (Å²) in [5.74, 6) is -1.08. The summed E-state index contributed by atoms with van der Waals surface area (Å²) in [6.45, 7) is 20.7. The van der Waals surface area contributed by atoms with Crippen LogP contribution in [-0.4, -0.2) is 115 Å². The molecule has 2 saturated heterocycles. The Kier molecular flexibility index (Phi) is 16.8. The number of hydrogen-bond acceptors (Lipinski definition) is 13. The number of nitrogens with one attached hydrogen (secondary N) is 3. The minimum absolute atomic E-state index is 0.0163. The van der Waals surface area contributed by atoms with E-state index in [4.69, 9.17) is 9.47 Å². The molecule has 66 heavy (non-hydrogen) atoms. The first-order chi connectivity index (χ1) is 30.8. The number of amides is 5. The summed E-state index contributed by atoms with van der Waals surface area (Å²) in [7, 11) is 0. The Labute approximate surface area is 395 Å². The van der Waals surface area contributed by atoms with Crippen molar-refractivity contribution in [3.63, 3.8) is 0 Å². The largest absolute Gasteiger partial charge is 0.444 e. The Balaban J connectivity index is 0.000000255. The summed E-state index contributed by atoms with van der Waals surface area (Å²) in [6, 6.07) is 13.3. The lowest BCUT2D eigenvalue weighted by Crippen LogP contribution is -2.58. The minimum Gasteiger partial charge on any atom is -0.444 e. The van der Waals surface area contributed by atoms with Crippen LogP contribution in [0.15, 0.2) is 59.6 Å². The van der Waals surface area contributed by atoms with Crippen LogP contribution in [0.1, 0.15) is 97.7 Å². The SMILES string of the molecule is Cc1ncsc1-c1ccc(CNC(=O)C2CC(O)CN2C(=O)C(NC(=O)OC(C)(C)C)C(C)(C)C)cc1.Cc1ncsc1-c1ccc(CNC(=O)C2CC(O)CN2C(=O)OC(C)(C)C)cc1. The van der Waals surface area contributed by atoms with Crippen molar-refractivity contribution >= 4 is 52.6 Å². The number of rotatable bonds is 10. The van der Waals surface area contributed by atoms with Crippen molar-refractivity contribution in [2.24, 2.45) is 5.41 Å². The van der Waals surface area contributed by atoms with Crippen LogP contribution in [-0.2, 0) is 36.9 Å². The molecule has 2 fully saturated rings. The van der Waals surface area contributed by atoms with Gasteiger partial charge in [0.1, 0.15) is 29.3 Å². The molecule has 5 N–H and O–H groups in total. The molecule has 2 aliphatic heterocycles. The first-order valence-corrected chi connectivity index (χ1v) is 23.8. The minimum atomic E-state index is -0.939. The fraction of sp³-hybridized carbons (Fsp3) is 0.521. The van der Waals surface area contributed by atoms with Gasteiger partial charge in [-0.15, -0.1) is 22.7 Å². The second-order valence-electron chi connectivity index (χ2n) is 19.7. The molecular weight excluding hydrogens is 883 g/mol. The lowest BCUT2D eigenvalue weighted by Gasteiger charge is -2.35. The third kappa shape index (κ3) is 14.3. The highest BCUT2D eigenvalue weighted by atomic mass is 32.1. The van der Waals surface area contributed by atoms with Crippen LogP contribution in [0.25, 0.3) is 20.9 Å². The Morgan fingerprint density at radius 3 is 1.45 bits per heavy atom. The summed E-state index contributed by atoms with van der Waals surface area (Å²) >= 11 is 3.18. The van der Waals surface area contributed by atoms with Gasteiger partial charge in [-0.1, -0.05) is 69.3 Å². The number of aliphatic hydroxyl groups excluding tert-OH is 2. The van der Waals surface area contributed by atoms with Gasteiger partial charge in [0.25, 0.3) is 0 Å². The van der Waals surface area contributed by atoms with E-state index in [9.17, 15) is 34.2 Å². The zero-order chi connectivity index (χ0) is 48.7. The number of nitrogens with zero attached hydrogens (tertiary/aromatic N) is 4. The highest BCUT2D eigenvalue weighted by Gasteiger charge is 2.45. The van der Waals surface area contributed by atoms with Crippen molar-refractivity contribution in [1.82, 2.24) is 35.7 Å². The van der Waals surface area contributed by atoms with Gasteiger partial charge in [0, 0.05) is 32.5 Å². The zero-order valence-electron chi connectivity index (χ0n) is 39.8. The average Bonchev–Trinajstić information content (AvgIpc) is 4.04. The van der Waals surface area contributed by atoms with E-state index in [0.717, 1.165) is 43.4 Å². The molecule has 0 bridgehead atoms. The monoisotopic (exact) mass is 947 g/mol. The van der Waals surface area contributed by atoms with E-state index in [1.165, 1.54) is 9.80 Å². The Bertz CT molecular complexity index is 2310. The molecule has 358 valence electrons. The van der Waals surface area contributed by atoms with Crippen molar-refractivity contribution < 1.29 is 43.7 Å². The van der Waals surface area contributed by atoms with Gasteiger partial charge in [-0.05, 0) is 83.1 Å². The predicted octanol–water partition coefficient (Wildman–Crippen LogP) is 6.74. The van der Waals surface area contributed by atoms with Crippen LogP contribution in [0.5, 0.6) is 0 Å². The van der Waals surface area contributed by atoms with Gasteiger partial charge < -0.3 is 40.5 Å². The molecule has 5 unspecified atom stereocenters. The summed E-state index contributed by atoms with van der Waals surface area (Å²) in [6.07, 6.45) is -2.53. The molecule has 0 spiro atoms. The van der Waals surface area contributed by atoms with E-state index in [-0.39, 0.29) is 44.3 Å². The van der Waals surface area contributed by atoms with Gasteiger partial charge >= 0.3 is 12.2 Å². The quantitative estimate of drug-likeness (QED) is 0.112. The van der Waals surface area contributed by atoms with E-state index < -0.39 is 65.0 Å². The number of aliphatic hydroxyl groups is 2. The predicted molar refractivity (Wildman–Crippen MR) is 254 cm³/mol. The smallest absolute Gasteiger partial charge is 0.411 e. The fourth-order valence-corrected chi connectivity index (χ4v) is 9.07. The molecule has 0 saturated carbocycles. The maximum atomic E-state index is 13.6. The Hall–Kier alpha value is -5.43. The van der Waals surface area contributed by atoms with Crippen LogP contribution in [0.4, 0.5) is 9.59 Å². The van der Waals surface area contributed by atoms with E-state index >= 15 is 0 Å². The first kappa shape index (κ1) is 51.6. The number of β-amino-alcohol motifs (C(OH)–C–C–N with tert-alkyl or cyclic N) is 2. The number of aromatic nitrogens is 2. The van der Waals surface area contributed by atoms with E-state index in [0.29, 0.717) is 6.54 Å². The first-order valence-electron chi connectivity index (χ1n) is 22.0. The van der Waals surface area contributed by atoms with Crippen LogP contribution in [0.2, 0.25) is 0 Å². The third-order valence-corrected chi connectivity index (χ3v) is 12.7. The molecule has 4 aromatic rings. The molecule has 6 rings (SSSR count). The zero-order valence-corrected chi connectivity index (χ0v) is 41.4. The summed E-state index contributed by atoms with van der Waals surface area (Å²) in [5.41, 5.74) is 7.60. The number of ether oxygens (including phenoxy) is 2. The Morgan fingerprint density at radius 2 is 1.08 bits per heavy atom. The van der Waals surface area contributed by atoms with Crippen molar-refractivity contribution in [2.75, 3.05) is 13.1 Å². The number of carbonyl (C=O) groups excluding carboxylic acids is 5. The van der Waals surface area contributed by atoms with E-state index in [2.05, 4.69) is 25.9 Å². The van der Waals surface area contributed by atoms with E-state index in [1.54, 1.807) is 64.2 Å². The normalized spacial score (nSPS) is 19.0. The van der Waals surface area contributed by atoms with Crippen molar-refractivity contribution in [3.8, 4) is 20.9 Å². The summed E-state index contributed by atoms with van der Waals surface area (Å²) < 4.78 is 10.7. The van der Waals surface area contributed by atoms with E-state index in [1.807, 2.05) is 94.2 Å². The molecule has 0 aliphatic carbocycles. The molecule has 18 heteroatoms. The highest BCUT2D eigenvalue weighted by Crippen LogP contribution is 2.30. The maximum Gasteiger partial charge on any atom is 0.411 e. The second-order valence-corrected chi connectivity index (χ2v) is 21.5. The molecular formula is C48H65N7O9S2. The number of alkyl carbamates (subject to hydrolysis) is 1. The molecule has 5 amide bonds. The number of thiazole rings is 2. The van der Waals surface area contributed by atoms with Gasteiger partial charge in [0.2, 0.25) is 17.7 Å². The van der Waals surface area contributed by atoms with Gasteiger partial charge in [0.15, 0.2) is 0 Å². The Morgan fingerprint density at radius 1 is 0.667 bits per heavy atom. The summed E-state index contributed by atoms with van der Waals surface area (Å²) in [4.78, 5) is 77.7. The summed E-state index contributed by atoms with van der Waals surface area (Å²) in [5, 5.41) is 28.7. The standard InChI is InChI=1S/C27H38N4O5S.C21H27N3O4S/c1-16-21(37-15-29-16)18-10-8-17(9-11-18)13-28-23(33)20-12-19(32)14-31(20)24(34)22(26(2,3)4)30-25(35)36-27(5,6)7;1-13-18(29-12-23-13)15-7-5-14(6-8-15)10-22-19(26)17-9-16(25)11-24(17)20(27)28-21(2,3)4/h8-11,15,19-20,22,32H,12-14H2,1-7H3,(H,28,33)(H,30,35);5-8,12,16-17,25H,9-11H2,1-4H3,(H,22,26). The van der Waals surface area contributed by atoms with Crippen LogP contribution in [0, 0.1) is 19.3 Å². The average molecular weight is 948 g/mol. The van der Waals surface area contributed by atoms with Crippen molar-refractivity contribution in [2.45, 2.75) is 144 Å². The van der Waals surface area contributed by atoms with Gasteiger partial charge in [-0.2, -0.15) is 0 Å². The van der Waals surface area contributed by atoms with Crippen LogP contribution < -0.4 is 16.0 Å². The third-order valence-electron chi connectivity index (χ3n) is 10.7. The number of carbonyl (C=O) groups is 5. The lowest BCUT2D eigenvalue weighted by atomic mass is 9.85. The van der Waals surface area contributed by atoms with Crippen LogP contribution >= 0.6 is 22.7 Å². The number of likely N-dealkylation sites (tertiary alicyclic amines) is 2. The maximum absolute atomic E-state index is 13.6. The second kappa shape index (κ2) is 21.5. The van der Waals surface area contributed by atoms with Gasteiger partial charge in [-0.3, -0.25) is 19.3 Å². The fourth-order valence-electron chi connectivity index (χ4n) is 7.45. The lowest BCUT2D eigenvalue weighted by molar-refractivity contribution is -0.142. The van der Waals surface area contributed by atoms with Gasteiger partial charge in [0.05, 0.1) is 50.9 Å². The van der Waals surface area contributed by atoms with Crippen LogP contribution in [0.3, 0.4) is 0 Å². The van der Waals surface area contributed by atoms with Crippen molar-refractivity contribution in [3.05, 3.63) is 82.1 Å². The molecule has 2 aliphatic rings. The molecule has 5 atom stereocenters. The molecule has 2 aromatic carbocycles. The highest BCUT2D eigenvalue weighted by molar-refractivity contribution is 7.13.